The van der Waals surface area contributed by atoms with Crippen molar-refractivity contribution in [3.8, 4) is 11.6 Å². The van der Waals surface area contributed by atoms with Gasteiger partial charge in [0.05, 0.1) is 43.2 Å². The van der Waals surface area contributed by atoms with Crippen molar-refractivity contribution in [3.05, 3.63) is 71.4 Å². The molecule has 9 heteroatoms. The number of methoxy groups -OCH3 is 2. The fourth-order valence-corrected chi connectivity index (χ4v) is 4.29. The van der Waals surface area contributed by atoms with Crippen molar-refractivity contribution in [3.63, 3.8) is 0 Å². The molecule has 1 aliphatic rings. The highest BCUT2D eigenvalue weighted by molar-refractivity contribution is 8.01. The van der Waals surface area contributed by atoms with Crippen LogP contribution in [0.15, 0.2) is 53.6 Å². The fourth-order valence-electron chi connectivity index (χ4n) is 3.30. The van der Waals surface area contributed by atoms with Crippen molar-refractivity contribution in [2.45, 2.75) is 18.4 Å². The smallest absolute Gasteiger partial charge is 0.339 e. The van der Waals surface area contributed by atoms with Crippen LogP contribution in [0.25, 0.3) is 0 Å². The molecule has 3 aromatic rings. The predicted octanol–water partition coefficient (Wildman–Crippen LogP) is 5.34. The monoisotopic (exact) mass is 443 g/mol. The number of fused-ring (bicyclic) bond motifs is 1. The maximum absolute atomic E-state index is 14.6. The third-order valence-corrected chi connectivity index (χ3v) is 5.95. The molecule has 6 nitrogen and oxygen atoms in total. The van der Waals surface area contributed by atoms with Gasteiger partial charge < -0.3 is 9.47 Å². The molecule has 0 fully saturated rings. The summed E-state index contributed by atoms with van der Waals surface area (Å²) >= 11 is 1.22. The Morgan fingerprint density at radius 2 is 1.77 bits per heavy atom. The highest BCUT2D eigenvalue weighted by Crippen LogP contribution is 2.42. The number of aryl methyl sites for hydroxylation is 1. The maximum Gasteiger partial charge on any atom is 0.339 e. The minimum absolute atomic E-state index is 0.0704. The zero-order chi connectivity index (χ0) is 22.1. The standard InChI is InChI=1S/C22H19F2N3O3S/c1-13-8-14(11-25-21(13)30-3)27-22(28)26(19-6-4-5-7-20(19)31-27)12-16-17(23)9-15(29-2)10-18(16)24/h4-11H,12H2,1-3H3. The Hall–Kier alpha value is -3.33. The molecule has 1 aromatic heterocycles. The Kier molecular flexibility index (Phi) is 5.69. The Bertz CT molecular complexity index is 1140. The lowest BCUT2D eigenvalue weighted by Crippen LogP contribution is -2.43. The number of rotatable bonds is 5. The molecule has 2 heterocycles. The van der Waals surface area contributed by atoms with Gasteiger partial charge >= 0.3 is 6.03 Å². The first-order chi connectivity index (χ1) is 14.9. The van der Waals surface area contributed by atoms with Crippen LogP contribution in [0.2, 0.25) is 0 Å². The Labute approximate surface area is 182 Å². The largest absolute Gasteiger partial charge is 0.497 e. The van der Waals surface area contributed by atoms with E-state index < -0.39 is 17.7 Å². The summed E-state index contributed by atoms with van der Waals surface area (Å²) in [6.45, 7) is 1.54. The van der Waals surface area contributed by atoms with Gasteiger partial charge in [0.1, 0.15) is 17.4 Å². The number of hydrogen-bond donors (Lipinski definition) is 0. The third kappa shape index (κ3) is 3.88. The normalized spacial score (nSPS) is 13.3. The zero-order valence-electron chi connectivity index (χ0n) is 17.1. The SMILES string of the molecule is COc1cc(F)c(CN2C(=O)N(c3cnc(OC)c(C)c3)Sc3ccccc32)c(F)c1. The molecule has 0 saturated carbocycles. The number of ether oxygens (including phenoxy) is 2. The maximum atomic E-state index is 14.6. The van der Waals surface area contributed by atoms with Gasteiger partial charge in [-0.15, -0.1) is 0 Å². The number of hydrogen-bond acceptors (Lipinski definition) is 5. The van der Waals surface area contributed by atoms with Crippen molar-refractivity contribution in [1.82, 2.24) is 4.98 Å². The fraction of sp³-hybridized carbons (Fsp3) is 0.182. The van der Waals surface area contributed by atoms with Crippen molar-refractivity contribution in [2.75, 3.05) is 23.4 Å². The minimum atomic E-state index is -0.783. The van der Waals surface area contributed by atoms with Gasteiger partial charge in [0.25, 0.3) is 0 Å². The van der Waals surface area contributed by atoms with Crippen molar-refractivity contribution in [1.29, 1.82) is 0 Å². The van der Waals surface area contributed by atoms with Gasteiger partial charge in [0.15, 0.2) is 0 Å². The molecule has 0 spiro atoms. The van der Waals surface area contributed by atoms with E-state index in [-0.39, 0.29) is 17.9 Å². The number of amides is 2. The van der Waals surface area contributed by atoms with Crippen LogP contribution in [0.4, 0.5) is 25.0 Å². The van der Waals surface area contributed by atoms with E-state index in [1.165, 1.54) is 41.6 Å². The number of carbonyl (C=O) groups excluding carboxylic acids is 1. The van der Waals surface area contributed by atoms with Crippen molar-refractivity contribution in [2.24, 2.45) is 0 Å². The van der Waals surface area contributed by atoms with E-state index in [0.717, 1.165) is 22.6 Å². The van der Waals surface area contributed by atoms with Gasteiger partial charge in [-0.2, -0.15) is 0 Å². The second kappa shape index (κ2) is 8.43. The number of carbonyl (C=O) groups is 1. The first-order valence-corrected chi connectivity index (χ1v) is 10.1. The van der Waals surface area contributed by atoms with Crippen molar-refractivity contribution >= 4 is 29.4 Å². The molecular formula is C22H19F2N3O3S. The molecule has 0 atom stereocenters. The molecule has 0 aliphatic carbocycles. The topological polar surface area (TPSA) is 54.9 Å². The Morgan fingerprint density at radius 3 is 2.42 bits per heavy atom. The second-order valence-corrected chi connectivity index (χ2v) is 7.80. The number of halogens is 2. The summed E-state index contributed by atoms with van der Waals surface area (Å²) in [6, 6.07) is 10.7. The van der Waals surface area contributed by atoms with Gasteiger partial charge in [0.2, 0.25) is 5.88 Å². The lowest BCUT2D eigenvalue weighted by molar-refractivity contribution is 0.254. The number of nitrogens with zero attached hydrogens (tertiary/aromatic N) is 3. The van der Waals surface area contributed by atoms with E-state index in [9.17, 15) is 13.6 Å². The highest BCUT2D eigenvalue weighted by Gasteiger charge is 2.34. The summed E-state index contributed by atoms with van der Waals surface area (Å²) in [5.41, 5.74) is 1.64. The van der Waals surface area contributed by atoms with Crippen LogP contribution in [0.1, 0.15) is 11.1 Å². The van der Waals surface area contributed by atoms with Gasteiger partial charge in [-0.3, -0.25) is 4.90 Å². The minimum Gasteiger partial charge on any atom is -0.497 e. The van der Waals surface area contributed by atoms with E-state index in [1.54, 1.807) is 18.2 Å². The molecule has 1 aliphatic heterocycles. The average Bonchev–Trinajstić information content (AvgIpc) is 2.77. The van der Waals surface area contributed by atoms with Crippen LogP contribution in [0, 0.1) is 18.6 Å². The van der Waals surface area contributed by atoms with E-state index in [1.807, 2.05) is 19.1 Å². The van der Waals surface area contributed by atoms with Gasteiger partial charge in [-0.1, -0.05) is 12.1 Å². The number of pyridine rings is 1. The van der Waals surface area contributed by atoms with Crippen LogP contribution >= 0.6 is 11.9 Å². The zero-order valence-corrected chi connectivity index (χ0v) is 17.9. The van der Waals surface area contributed by atoms with E-state index in [4.69, 9.17) is 9.47 Å². The molecular weight excluding hydrogens is 424 g/mol. The van der Waals surface area contributed by atoms with E-state index in [2.05, 4.69) is 4.98 Å². The van der Waals surface area contributed by atoms with E-state index in [0.29, 0.717) is 17.3 Å². The Balaban J connectivity index is 1.75. The summed E-state index contributed by atoms with van der Waals surface area (Å²) < 4.78 is 40.8. The van der Waals surface area contributed by atoms with Crippen LogP contribution < -0.4 is 18.7 Å². The summed E-state index contributed by atoms with van der Waals surface area (Å²) in [5.74, 6) is -1.04. The quantitative estimate of drug-likeness (QED) is 0.499. The lowest BCUT2D eigenvalue weighted by atomic mass is 10.1. The Morgan fingerprint density at radius 1 is 1.06 bits per heavy atom. The van der Waals surface area contributed by atoms with Gasteiger partial charge in [-0.05, 0) is 37.1 Å². The second-order valence-electron chi connectivity index (χ2n) is 6.81. The molecule has 0 N–H and O–H groups in total. The summed E-state index contributed by atoms with van der Waals surface area (Å²) in [4.78, 5) is 19.8. The molecule has 0 saturated heterocycles. The number of urea groups is 1. The summed E-state index contributed by atoms with van der Waals surface area (Å²) in [6.07, 6.45) is 1.53. The van der Waals surface area contributed by atoms with Crippen LogP contribution in [0.5, 0.6) is 11.6 Å². The molecule has 0 radical (unpaired) electrons. The predicted molar refractivity (Wildman–Crippen MR) is 115 cm³/mol. The highest BCUT2D eigenvalue weighted by atomic mass is 32.2. The first kappa shape index (κ1) is 20.9. The molecule has 0 bridgehead atoms. The molecule has 2 aromatic carbocycles. The number of para-hydroxylation sites is 1. The average molecular weight is 443 g/mol. The number of aromatic nitrogens is 1. The summed E-state index contributed by atoms with van der Waals surface area (Å²) in [5, 5.41) is 0. The van der Waals surface area contributed by atoms with Crippen LogP contribution in [-0.4, -0.2) is 25.2 Å². The number of benzene rings is 2. The molecule has 4 rings (SSSR count). The first-order valence-electron chi connectivity index (χ1n) is 9.34. The molecule has 160 valence electrons. The third-order valence-electron chi connectivity index (χ3n) is 4.86. The van der Waals surface area contributed by atoms with Gasteiger partial charge in [-0.25, -0.2) is 22.9 Å². The van der Waals surface area contributed by atoms with E-state index >= 15 is 0 Å². The van der Waals surface area contributed by atoms with Crippen LogP contribution in [-0.2, 0) is 6.54 Å². The molecule has 0 unspecified atom stereocenters. The number of anilines is 2. The van der Waals surface area contributed by atoms with Crippen LogP contribution in [0.3, 0.4) is 0 Å². The molecule has 31 heavy (non-hydrogen) atoms. The lowest BCUT2D eigenvalue weighted by Gasteiger charge is -2.36. The summed E-state index contributed by atoms with van der Waals surface area (Å²) in [7, 11) is 2.85. The molecule has 2 amide bonds. The van der Waals surface area contributed by atoms with Crippen molar-refractivity contribution < 1.29 is 23.0 Å². The van der Waals surface area contributed by atoms with Gasteiger partial charge in [0, 0.05) is 23.3 Å².